The van der Waals surface area contributed by atoms with Crippen molar-refractivity contribution in [3.8, 4) is 0 Å². The van der Waals surface area contributed by atoms with Gasteiger partial charge in [0.05, 0.1) is 11.5 Å². The number of hydrogen-bond acceptors (Lipinski definition) is 4. The first-order valence-corrected chi connectivity index (χ1v) is 9.83. The van der Waals surface area contributed by atoms with Crippen molar-refractivity contribution in [1.29, 1.82) is 0 Å². The molecule has 1 atom stereocenters. The lowest BCUT2D eigenvalue weighted by atomic mass is 10.0. The Bertz CT molecular complexity index is 454. The van der Waals surface area contributed by atoms with Gasteiger partial charge in [0, 0.05) is 6.04 Å². The Morgan fingerprint density at radius 3 is 2.74 bits per heavy atom. The van der Waals surface area contributed by atoms with Crippen molar-refractivity contribution in [2.75, 3.05) is 18.1 Å². The highest BCUT2D eigenvalue weighted by atomic mass is 32.2. The second-order valence-electron chi connectivity index (χ2n) is 5.40. The van der Waals surface area contributed by atoms with Crippen molar-refractivity contribution in [3.63, 3.8) is 0 Å². The van der Waals surface area contributed by atoms with Gasteiger partial charge < -0.3 is 5.32 Å². The minimum absolute atomic E-state index is 0.371. The van der Waals surface area contributed by atoms with Crippen molar-refractivity contribution in [3.05, 3.63) is 22.4 Å². The van der Waals surface area contributed by atoms with Crippen LogP contribution in [0.4, 0.5) is 0 Å². The molecule has 0 radical (unpaired) electrons. The molecule has 0 amide bonds. The first-order valence-electron chi connectivity index (χ1n) is 7.06. The predicted molar refractivity (Wildman–Crippen MR) is 81.3 cm³/mol. The Morgan fingerprint density at radius 2 is 2.16 bits per heavy atom. The third-order valence-electron chi connectivity index (χ3n) is 3.85. The Hall–Kier alpha value is -0.390. The first kappa shape index (κ1) is 15.0. The molecule has 2 rings (SSSR count). The van der Waals surface area contributed by atoms with E-state index in [9.17, 15) is 8.42 Å². The molecule has 1 aliphatic rings. The lowest BCUT2D eigenvalue weighted by Crippen LogP contribution is -2.32. The fourth-order valence-corrected chi connectivity index (χ4v) is 4.90. The monoisotopic (exact) mass is 301 g/mol. The Morgan fingerprint density at radius 1 is 1.42 bits per heavy atom. The van der Waals surface area contributed by atoms with Gasteiger partial charge in [0.2, 0.25) is 0 Å². The molecule has 1 fully saturated rings. The van der Waals surface area contributed by atoms with Gasteiger partial charge in [-0.05, 0) is 54.1 Å². The third-order valence-corrected chi connectivity index (χ3v) is 6.27. The van der Waals surface area contributed by atoms with Gasteiger partial charge in [0.1, 0.15) is 9.84 Å². The van der Waals surface area contributed by atoms with E-state index in [1.165, 1.54) is 5.56 Å². The topological polar surface area (TPSA) is 46.2 Å². The zero-order valence-corrected chi connectivity index (χ0v) is 13.1. The highest BCUT2D eigenvalue weighted by Gasteiger charge is 2.24. The Kier molecular flexibility index (Phi) is 5.42. The third kappa shape index (κ3) is 4.58. The molecule has 1 aromatic heterocycles. The lowest BCUT2D eigenvalue weighted by Gasteiger charge is -2.25. The van der Waals surface area contributed by atoms with Gasteiger partial charge in [-0.2, -0.15) is 11.3 Å². The molecule has 3 nitrogen and oxygen atoms in total. The minimum Gasteiger partial charge on any atom is -0.310 e. The zero-order valence-electron chi connectivity index (χ0n) is 11.5. The van der Waals surface area contributed by atoms with Crippen LogP contribution < -0.4 is 5.32 Å². The summed E-state index contributed by atoms with van der Waals surface area (Å²) < 4.78 is 22.8. The van der Waals surface area contributed by atoms with Crippen molar-refractivity contribution in [2.45, 2.75) is 38.6 Å². The van der Waals surface area contributed by atoms with Crippen LogP contribution >= 0.6 is 11.3 Å². The van der Waals surface area contributed by atoms with Gasteiger partial charge in [0.15, 0.2) is 0 Å². The van der Waals surface area contributed by atoms with Crippen LogP contribution in [0.15, 0.2) is 16.8 Å². The van der Waals surface area contributed by atoms with Gasteiger partial charge in [0.25, 0.3) is 0 Å². The van der Waals surface area contributed by atoms with E-state index in [4.69, 9.17) is 0 Å². The molecule has 0 aromatic carbocycles. The summed E-state index contributed by atoms with van der Waals surface area (Å²) >= 11 is 1.74. The number of sulfone groups is 1. The van der Waals surface area contributed by atoms with Crippen molar-refractivity contribution in [1.82, 2.24) is 5.32 Å². The van der Waals surface area contributed by atoms with Gasteiger partial charge in [-0.25, -0.2) is 8.42 Å². The predicted octanol–water partition coefficient (Wildman–Crippen LogP) is 3.00. The van der Waals surface area contributed by atoms with E-state index < -0.39 is 9.84 Å². The van der Waals surface area contributed by atoms with Crippen LogP contribution in [0.1, 0.15) is 44.2 Å². The van der Waals surface area contributed by atoms with E-state index in [2.05, 4.69) is 29.1 Å². The van der Waals surface area contributed by atoms with Crippen molar-refractivity contribution in [2.24, 2.45) is 5.92 Å². The van der Waals surface area contributed by atoms with E-state index >= 15 is 0 Å². The number of thiophene rings is 1. The average molecular weight is 301 g/mol. The Labute approximate surface area is 120 Å². The minimum atomic E-state index is -2.73. The van der Waals surface area contributed by atoms with Crippen LogP contribution in [0.3, 0.4) is 0 Å². The highest BCUT2D eigenvalue weighted by Crippen LogP contribution is 2.23. The number of nitrogens with one attached hydrogen (secondary N) is 1. The molecule has 0 aliphatic carbocycles. The normalized spacial score (nSPS) is 21.3. The van der Waals surface area contributed by atoms with E-state index in [-0.39, 0.29) is 0 Å². The summed E-state index contributed by atoms with van der Waals surface area (Å²) in [6.45, 7) is 3.14. The largest absolute Gasteiger partial charge is 0.310 e. The summed E-state index contributed by atoms with van der Waals surface area (Å²) in [5.74, 6) is 1.26. The molecule has 108 valence electrons. The first-order chi connectivity index (χ1) is 9.11. The molecule has 5 heteroatoms. The number of hydrogen-bond donors (Lipinski definition) is 1. The molecule has 1 aliphatic heterocycles. The van der Waals surface area contributed by atoms with Crippen LogP contribution in [0.25, 0.3) is 0 Å². The maximum absolute atomic E-state index is 11.4. The second kappa shape index (κ2) is 6.86. The second-order valence-corrected chi connectivity index (χ2v) is 8.49. The molecule has 1 saturated heterocycles. The molecule has 0 spiro atoms. The quantitative estimate of drug-likeness (QED) is 0.878. The van der Waals surface area contributed by atoms with Gasteiger partial charge in [-0.15, -0.1) is 0 Å². The molecule has 0 saturated carbocycles. The fourth-order valence-electron chi connectivity index (χ4n) is 2.60. The Balaban J connectivity index is 1.83. The summed E-state index contributed by atoms with van der Waals surface area (Å²) in [5, 5.41) is 7.96. The fraction of sp³-hybridized carbons (Fsp3) is 0.714. The standard InChI is InChI=1S/C14H23NO2S2/c1-2-3-14(13-4-7-18-11-13)15-10-12-5-8-19(16,17)9-6-12/h4,7,11-12,14-15H,2-3,5-6,8-10H2,1H3/t14-/m1/s1. The maximum atomic E-state index is 11.4. The molecule has 1 N–H and O–H groups in total. The van der Waals surface area contributed by atoms with E-state index in [0.29, 0.717) is 23.5 Å². The molecular weight excluding hydrogens is 278 g/mol. The zero-order chi connectivity index (χ0) is 13.7. The van der Waals surface area contributed by atoms with Crippen LogP contribution in [-0.4, -0.2) is 26.5 Å². The molecule has 0 unspecified atom stereocenters. The lowest BCUT2D eigenvalue weighted by molar-refractivity contribution is 0.390. The highest BCUT2D eigenvalue weighted by molar-refractivity contribution is 7.91. The van der Waals surface area contributed by atoms with Gasteiger partial charge in [-0.3, -0.25) is 0 Å². The van der Waals surface area contributed by atoms with Crippen molar-refractivity contribution < 1.29 is 8.42 Å². The summed E-state index contributed by atoms with van der Waals surface area (Å²) in [6, 6.07) is 2.61. The summed E-state index contributed by atoms with van der Waals surface area (Å²) in [4.78, 5) is 0. The summed E-state index contributed by atoms with van der Waals surface area (Å²) in [5.41, 5.74) is 1.37. The molecule has 1 aromatic rings. The molecule has 0 bridgehead atoms. The summed E-state index contributed by atoms with van der Waals surface area (Å²) in [7, 11) is -2.73. The van der Waals surface area contributed by atoms with Gasteiger partial charge in [-0.1, -0.05) is 13.3 Å². The van der Waals surface area contributed by atoms with Crippen molar-refractivity contribution >= 4 is 21.2 Å². The molecular formula is C14H23NO2S2. The molecule has 2 heterocycles. The van der Waals surface area contributed by atoms with E-state index in [1.54, 1.807) is 11.3 Å². The smallest absolute Gasteiger partial charge is 0.150 e. The van der Waals surface area contributed by atoms with Crippen LogP contribution in [0.5, 0.6) is 0 Å². The average Bonchev–Trinajstić information content (AvgIpc) is 2.89. The maximum Gasteiger partial charge on any atom is 0.150 e. The SMILES string of the molecule is CCC[C@@H](NCC1CCS(=O)(=O)CC1)c1ccsc1. The van der Waals surface area contributed by atoms with E-state index in [1.807, 2.05) is 0 Å². The molecule has 19 heavy (non-hydrogen) atoms. The van der Waals surface area contributed by atoms with Gasteiger partial charge >= 0.3 is 0 Å². The van der Waals surface area contributed by atoms with Crippen LogP contribution in [0, 0.1) is 5.92 Å². The van der Waals surface area contributed by atoms with Crippen LogP contribution in [-0.2, 0) is 9.84 Å². The summed E-state index contributed by atoms with van der Waals surface area (Å²) in [6.07, 6.45) is 3.93. The number of rotatable bonds is 6. The van der Waals surface area contributed by atoms with Crippen LogP contribution in [0.2, 0.25) is 0 Å². The van der Waals surface area contributed by atoms with E-state index in [0.717, 1.165) is 32.2 Å².